The number of ether oxygens (including phenoxy) is 1. The van der Waals surface area contributed by atoms with Crippen molar-refractivity contribution in [3.8, 4) is 0 Å². The number of hydrogen-bond acceptors (Lipinski definition) is 5. The van der Waals surface area contributed by atoms with Crippen molar-refractivity contribution in [2.45, 2.75) is 45.6 Å². The van der Waals surface area contributed by atoms with Gasteiger partial charge in [0.1, 0.15) is 5.76 Å². The van der Waals surface area contributed by atoms with Gasteiger partial charge in [-0.3, -0.25) is 9.69 Å². The van der Waals surface area contributed by atoms with Crippen LogP contribution in [-0.2, 0) is 21.5 Å². The summed E-state index contributed by atoms with van der Waals surface area (Å²) in [7, 11) is 1.45. The van der Waals surface area contributed by atoms with Crippen molar-refractivity contribution >= 4 is 5.97 Å². The van der Waals surface area contributed by atoms with Gasteiger partial charge in [-0.15, -0.1) is 0 Å². The second-order valence-corrected chi connectivity index (χ2v) is 6.47. The predicted molar refractivity (Wildman–Crippen MR) is 75.2 cm³/mol. The molecule has 20 heavy (non-hydrogen) atoms. The molecule has 0 aromatic carbocycles. The number of piperidine rings is 1. The van der Waals surface area contributed by atoms with Crippen LogP contribution >= 0.6 is 0 Å². The maximum absolute atomic E-state index is 11.6. The second-order valence-electron chi connectivity index (χ2n) is 6.47. The van der Waals surface area contributed by atoms with Gasteiger partial charge in [0.2, 0.25) is 5.89 Å². The van der Waals surface area contributed by atoms with E-state index in [-0.39, 0.29) is 17.3 Å². The molecule has 2 heterocycles. The van der Waals surface area contributed by atoms with Gasteiger partial charge in [-0.1, -0.05) is 20.8 Å². The van der Waals surface area contributed by atoms with Crippen LogP contribution in [0.2, 0.25) is 0 Å². The van der Waals surface area contributed by atoms with Crippen LogP contribution in [0.4, 0.5) is 0 Å². The number of nitrogens with zero attached hydrogens (tertiary/aromatic N) is 2. The number of aromatic nitrogens is 1. The molecule has 2 rings (SSSR count). The lowest BCUT2D eigenvalue weighted by atomic mass is 9.94. The van der Waals surface area contributed by atoms with E-state index in [4.69, 9.17) is 9.15 Å². The molecule has 112 valence electrons. The van der Waals surface area contributed by atoms with E-state index in [0.717, 1.165) is 37.6 Å². The quantitative estimate of drug-likeness (QED) is 0.796. The van der Waals surface area contributed by atoms with Crippen molar-refractivity contribution in [3.63, 3.8) is 0 Å². The Balaban J connectivity index is 1.96. The Bertz CT molecular complexity index is 462. The lowest BCUT2D eigenvalue weighted by molar-refractivity contribution is -0.147. The first kappa shape index (κ1) is 15.0. The summed E-state index contributed by atoms with van der Waals surface area (Å²) in [6, 6.07) is 0. The average molecular weight is 280 g/mol. The predicted octanol–water partition coefficient (Wildman–Crippen LogP) is 2.36. The molecule has 0 radical (unpaired) electrons. The lowest BCUT2D eigenvalue weighted by Gasteiger charge is -2.30. The summed E-state index contributed by atoms with van der Waals surface area (Å²) in [5.41, 5.74) is -0.0261. The summed E-state index contributed by atoms with van der Waals surface area (Å²) >= 11 is 0. The number of hydrogen-bond donors (Lipinski definition) is 0. The fourth-order valence-corrected chi connectivity index (χ4v) is 2.48. The first-order valence-electron chi connectivity index (χ1n) is 7.15. The molecule has 1 aromatic heterocycles. The molecule has 0 spiro atoms. The Morgan fingerprint density at radius 3 is 2.90 bits per heavy atom. The molecule has 0 saturated carbocycles. The highest BCUT2D eigenvalue weighted by Crippen LogP contribution is 2.24. The molecule has 1 atom stereocenters. The molecule has 5 heteroatoms. The van der Waals surface area contributed by atoms with Crippen LogP contribution in [0.25, 0.3) is 0 Å². The van der Waals surface area contributed by atoms with Crippen molar-refractivity contribution in [1.82, 2.24) is 9.88 Å². The Morgan fingerprint density at radius 1 is 1.55 bits per heavy atom. The molecule has 1 fully saturated rings. The number of carbonyl (C=O) groups is 1. The van der Waals surface area contributed by atoms with Crippen LogP contribution in [0.1, 0.15) is 45.3 Å². The summed E-state index contributed by atoms with van der Waals surface area (Å²) < 4.78 is 10.6. The largest absolute Gasteiger partial charge is 0.469 e. The Morgan fingerprint density at radius 2 is 2.30 bits per heavy atom. The van der Waals surface area contributed by atoms with Crippen LogP contribution in [-0.4, -0.2) is 36.1 Å². The molecule has 1 saturated heterocycles. The second kappa shape index (κ2) is 5.95. The van der Waals surface area contributed by atoms with Crippen molar-refractivity contribution in [2.75, 3.05) is 20.2 Å². The van der Waals surface area contributed by atoms with E-state index in [2.05, 4.69) is 30.7 Å². The van der Waals surface area contributed by atoms with Crippen molar-refractivity contribution in [1.29, 1.82) is 0 Å². The van der Waals surface area contributed by atoms with Crippen LogP contribution in [0.3, 0.4) is 0 Å². The van der Waals surface area contributed by atoms with E-state index in [1.165, 1.54) is 7.11 Å². The van der Waals surface area contributed by atoms with Crippen molar-refractivity contribution in [3.05, 3.63) is 17.8 Å². The van der Waals surface area contributed by atoms with E-state index < -0.39 is 0 Å². The highest BCUT2D eigenvalue weighted by Gasteiger charge is 2.27. The fourth-order valence-electron chi connectivity index (χ4n) is 2.48. The zero-order valence-corrected chi connectivity index (χ0v) is 12.8. The SMILES string of the molecule is COC(=O)C1CCCN(Cc2ncc(C(C)(C)C)o2)C1. The van der Waals surface area contributed by atoms with Gasteiger partial charge in [0, 0.05) is 12.0 Å². The van der Waals surface area contributed by atoms with Gasteiger partial charge >= 0.3 is 5.97 Å². The topological polar surface area (TPSA) is 55.6 Å². The maximum atomic E-state index is 11.6. The van der Waals surface area contributed by atoms with Crippen LogP contribution in [0.5, 0.6) is 0 Å². The number of carbonyl (C=O) groups excluding carboxylic acids is 1. The molecule has 1 aromatic rings. The maximum Gasteiger partial charge on any atom is 0.309 e. The highest BCUT2D eigenvalue weighted by molar-refractivity contribution is 5.72. The molecule has 1 unspecified atom stereocenters. The third-order valence-electron chi connectivity index (χ3n) is 3.69. The number of likely N-dealkylation sites (tertiary alicyclic amines) is 1. The number of esters is 1. The van der Waals surface area contributed by atoms with E-state index in [9.17, 15) is 4.79 Å². The van der Waals surface area contributed by atoms with Gasteiger partial charge < -0.3 is 9.15 Å². The summed E-state index contributed by atoms with van der Waals surface area (Å²) in [4.78, 5) is 18.2. The summed E-state index contributed by atoms with van der Waals surface area (Å²) in [6.45, 7) is 8.66. The number of rotatable bonds is 3. The molecule has 0 N–H and O–H groups in total. The molecule has 1 aliphatic rings. The van der Waals surface area contributed by atoms with E-state index in [1.807, 2.05) is 0 Å². The molecular formula is C15H24N2O3. The van der Waals surface area contributed by atoms with Gasteiger partial charge in [0.15, 0.2) is 0 Å². The molecule has 0 amide bonds. The first-order chi connectivity index (χ1) is 9.40. The van der Waals surface area contributed by atoms with Gasteiger partial charge in [-0.05, 0) is 19.4 Å². The third kappa shape index (κ3) is 3.60. The van der Waals surface area contributed by atoms with Gasteiger partial charge in [-0.25, -0.2) is 4.98 Å². The third-order valence-corrected chi connectivity index (χ3v) is 3.69. The average Bonchev–Trinajstić information content (AvgIpc) is 2.86. The fraction of sp³-hybridized carbons (Fsp3) is 0.733. The van der Waals surface area contributed by atoms with Gasteiger partial charge in [0.05, 0.1) is 25.8 Å². The van der Waals surface area contributed by atoms with E-state index >= 15 is 0 Å². The molecule has 1 aliphatic heterocycles. The zero-order valence-electron chi connectivity index (χ0n) is 12.8. The van der Waals surface area contributed by atoms with Crippen LogP contribution < -0.4 is 0 Å². The summed E-state index contributed by atoms with van der Waals surface area (Å²) in [5.74, 6) is 1.48. The molecule has 5 nitrogen and oxygen atoms in total. The Kier molecular flexibility index (Phi) is 4.48. The standard InChI is InChI=1S/C15H24N2O3/c1-15(2,3)12-8-16-13(20-12)10-17-7-5-6-11(9-17)14(18)19-4/h8,11H,5-7,9-10H2,1-4H3. The van der Waals surface area contributed by atoms with E-state index in [1.54, 1.807) is 6.20 Å². The number of oxazole rings is 1. The van der Waals surface area contributed by atoms with Gasteiger partial charge in [-0.2, -0.15) is 0 Å². The number of methoxy groups -OCH3 is 1. The summed E-state index contributed by atoms with van der Waals surface area (Å²) in [5, 5.41) is 0. The first-order valence-corrected chi connectivity index (χ1v) is 7.15. The lowest BCUT2D eigenvalue weighted by Crippen LogP contribution is -2.38. The highest BCUT2D eigenvalue weighted by atomic mass is 16.5. The molecular weight excluding hydrogens is 256 g/mol. The minimum Gasteiger partial charge on any atom is -0.469 e. The Labute approximate surface area is 120 Å². The summed E-state index contributed by atoms with van der Waals surface area (Å²) in [6.07, 6.45) is 3.71. The smallest absolute Gasteiger partial charge is 0.309 e. The van der Waals surface area contributed by atoms with E-state index in [0.29, 0.717) is 6.54 Å². The minimum atomic E-state index is -0.113. The normalized spacial score (nSPS) is 20.9. The monoisotopic (exact) mass is 280 g/mol. The Hall–Kier alpha value is -1.36. The van der Waals surface area contributed by atoms with Crippen LogP contribution in [0, 0.1) is 5.92 Å². The zero-order chi connectivity index (χ0) is 14.8. The van der Waals surface area contributed by atoms with Crippen LogP contribution in [0.15, 0.2) is 10.6 Å². The minimum absolute atomic E-state index is 0.0224. The van der Waals surface area contributed by atoms with Crippen molar-refractivity contribution in [2.24, 2.45) is 5.92 Å². The van der Waals surface area contributed by atoms with Gasteiger partial charge in [0.25, 0.3) is 0 Å². The van der Waals surface area contributed by atoms with Crippen molar-refractivity contribution < 1.29 is 13.9 Å². The molecule has 0 bridgehead atoms. The molecule has 0 aliphatic carbocycles.